The summed E-state index contributed by atoms with van der Waals surface area (Å²) in [6, 6.07) is 0. The molecule has 0 spiro atoms. The zero-order valence-corrected chi connectivity index (χ0v) is 44.7. The van der Waals surface area contributed by atoms with E-state index in [1.165, 1.54) is 0 Å². The highest BCUT2D eigenvalue weighted by atomic mass is 16.8. The summed E-state index contributed by atoms with van der Waals surface area (Å²) in [6.45, 7) is 15.1. The van der Waals surface area contributed by atoms with Crippen LogP contribution >= 0.6 is 0 Å². The van der Waals surface area contributed by atoms with Crippen LogP contribution in [0, 0.1) is 45.3 Å². The van der Waals surface area contributed by atoms with Gasteiger partial charge in [0.1, 0.15) is 91.6 Å². The lowest BCUT2D eigenvalue weighted by molar-refractivity contribution is -0.378. The Morgan fingerprint density at radius 3 is 1.80 bits per heavy atom. The second kappa shape index (κ2) is 22.7. The fourth-order valence-corrected chi connectivity index (χ4v) is 16.0. The highest BCUT2D eigenvalue weighted by Gasteiger charge is 2.72. The Morgan fingerprint density at radius 1 is 0.587 bits per heavy atom. The maximum atomic E-state index is 12.8. The van der Waals surface area contributed by atoms with E-state index in [2.05, 4.69) is 40.7 Å². The van der Waals surface area contributed by atoms with Crippen molar-refractivity contribution in [3.05, 3.63) is 11.6 Å². The van der Waals surface area contributed by atoms with Crippen LogP contribution < -0.4 is 0 Å². The van der Waals surface area contributed by atoms with E-state index in [4.69, 9.17) is 37.9 Å². The summed E-state index contributed by atoms with van der Waals surface area (Å²) in [5.41, 5.74) is -1.48. The third-order valence-electron chi connectivity index (χ3n) is 20.5. The van der Waals surface area contributed by atoms with E-state index >= 15 is 0 Å². The maximum Gasteiger partial charge on any atom is 0.187 e. The molecular weight excluding hydrogens is 989 g/mol. The summed E-state index contributed by atoms with van der Waals surface area (Å²) in [5.74, 6) is -0.395. The van der Waals surface area contributed by atoms with Gasteiger partial charge in [-0.15, -0.1) is 0 Å². The highest BCUT2D eigenvalue weighted by molar-refractivity contribution is 5.20. The molecule has 14 N–H and O–H groups in total. The maximum absolute atomic E-state index is 12.8. The van der Waals surface area contributed by atoms with Gasteiger partial charge in [0.15, 0.2) is 25.2 Å². The van der Waals surface area contributed by atoms with Crippen LogP contribution in [0.4, 0.5) is 0 Å². The van der Waals surface area contributed by atoms with Crippen molar-refractivity contribution < 1.29 is 109 Å². The minimum Gasteiger partial charge on any atom is -0.394 e. The number of rotatable bonds is 15. The van der Waals surface area contributed by atoms with Gasteiger partial charge in [0.25, 0.3) is 0 Å². The molecule has 0 bridgehead atoms. The molecule has 4 saturated heterocycles. The molecule has 4 aliphatic carbocycles. The number of aliphatic hydroxyl groups is 14. The first kappa shape index (κ1) is 60.0. The second-order valence-electron chi connectivity index (χ2n) is 25.3. The Labute approximate surface area is 439 Å². The summed E-state index contributed by atoms with van der Waals surface area (Å²) in [7, 11) is 0. The second-order valence-corrected chi connectivity index (χ2v) is 25.3. The van der Waals surface area contributed by atoms with Crippen LogP contribution in [0.2, 0.25) is 0 Å². The van der Waals surface area contributed by atoms with Crippen molar-refractivity contribution in [3.8, 4) is 0 Å². The molecule has 22 nitrogen and oxygen atoms in total. The van der Waals surface area contributed by atoms with Gasteiger partial charge in [-0.25, -0.2) is 0 Å². The minimum absolute atomic E-state index is 0.0508. The summed E-state index contributed by atoms with van der Waals surface area (Å²) in [4.78, 5) is 0. The van der Waals surface area contributed by atoms with Crippen LogP contribution in [0.5, 0.6) is 0 Å². The molecule has 0 amide bonds. The molecule has 0 radical (unpaired) electrons. The number of hydrogen-bond acceptors (Lipinski definition) is 22. The fourth-order valence-electron chi connectivity index (χ4n) is 16.0. The Balaban J connectivity index is 1.01. The highest BCUT2D eigenvalue weighted by Crippen LogP contribution is 2.76. The van der Waals surface area contributed by atoms with Gasteiger partial charge in [-0.2, -0.15) is 0 Å². The molecule has 0 aromatic heterocycles. The smallest absolute Gasteiger partial charge is 0.187 e. The van der Waals surface area contributed by atoms with Crippen LogP contribution in [0.15, 0.2) is 11.6 Å². The number of ether oxygens (including phenoxy) is 8. The molecule has 0 aromatic carbocycles. The zero-order chi connectivity index (χ0) is 55.1. The van der Waals surface area contributed by atoms with Gasteiger partial charge in [-0.1, -0.05) is 46.3 Å². The van der Waals surface area contributed by atoms with E-state index in [1.807, 2.05) is 20.8 Å². The van der Waals surface area contributed by atoms with Crippen molar-refractivity contribution in [2.75, 3.05) is 26.4 Å². The molecule has 434 valence electrons. The van der Waals surface area contributed by atoms with Crippen LogP contribution in [0.25, 0.3) is 0 Å². The van der Waals surface area contributed by atoms with Crippen LogP contribution in [0.3, 0.4) is 0 Å². The Hall–Kier alpha value is -1.14. The largest absolute Gasteiger partial charge is 0.394 e. The van der Waals surface area contributed by atoms with Crippen molar-refractivity contribution in [1.82, 2.24) is 0 Å². The molecule has 4 heterocycles. The lowest BCUT2D eigenvalue weighted by Gasteiger charge is -2.71. The molecule has 8 aliphatic rings. The van der Waals surface area contributed by atoms with Gasteiger partial charge in [-0.05, 0) is 124 Å². The Morgan fingerprint density at radius 2 is 1.16 bits per heavy atom. The van der Waals surface area contributed by atoms with Crippen molar-refractivity contribution in [1.29, 1.82) is 0 Å². The molecule has 8 rings (SSSR count). The number of fused-ring (bicyclic) bond motifs is 5. The van der Waals surface area contributed by atoms with Crippen molar-refractivity contribution in [2.24, 2.45) is 45.3 Å². The van der Waals surface area contributed by atoms with Gasteiger partial charge in [-0.3, -0.25) is 0 Å². The summed E-state index contributed by atoms with van der Waals surface area (Å²) >= 11 is 0. The van der Waals surface area contributed by atoms with E-state index in [-0.39, 0.29) is 41.1 Å². The zero-order valence-electron chi connectivity index (χ0n) is 44.7. The van der Waals surface area contributed by atoms with Gasteiger partial charge >= 0.3 is 0 Å². The Bertz CT molecular complexity index is 1940. The van der Waals surface area contributed by atoms with E-state index in [9.17, 15) is 71.5 Å². The van der Waals surface area contributed by atoms with Crippen LogP contribution in [-0.2, 0) is 37.9 Å². The lowest BCUT2D eigenvalue weighted by atomic mass is 9.35. The first-order valence-electron chi connectivity index (χ1n) is 27.3. The van der Waals surface area contributed by atoms with E-state index in [0.29, 0.717) is 38.5 Å². The SMILES string of the molecule is CC(C)=CCC[C@@](C)(O[C@H]1O[C@@H](CO[C@H]2OC[C@H](O)[C@@H](O)[C@@H]2O)[C@H](O)[C@@H](O)[C@@H]1O)[C@@H]1CC[C@@]2(C)[C@H]1[C@@H](O)C[C@H]1[C@]3(C)CC[C@@H](O[C@H]4O[C@@H](CO)[C@H](O)[C@@H](O)[C@@H]4O[C@H]4O[C@@H](CO)[C@H](O)[C@@H](O)[C@@H]4O)C(C)(C)[C@H]3CC[C@@]12C. The Kier molecular flexibility index (Phi) is 18.1. The monoisotopic (exact) mass is 1080 g/mol. The van der Waals surface area contributed by atoms with Crippen LogP contribution in [0.1, 0.15) is 113 Å². The normalized spacial score (nSPS) is 52.7. The standard InChI is InChI=1S/C53H90O22/c1-23(2)10-9-14-53(8,75-47-43(67)39(63)37(61)29(72-47)22-69-45-41(65)34(58)26(57)21-68-45)24-11-16-52(7)33(24)25(56)18-31-50(5)15-13-32(49(3,4)30(50)12-17-51(31,52)6)73-48-44(40(64)36(60)28(20-55)71-48)74-46-42(66)38(62)35(59)27(19-54)70-46/h10,24-48,54-67H,9,11-22H2,1-8H3/t24-,25+,26+,27+,28+,29+,30-,31+,32-,33-,34-,35+,36+,37+,38-,39-,40-,41+,42+,43+,44+,45-,46-,47-,48-,50-,51+,52+,53-/m1/s1. The van der Waals surface area contributed by atoms with Gasteiger partial charge in [0, 0.05) is 0 Å². The molecule has 29 atom stereocenters. The quantitative estimate of drug-likeness (QED) is 0.0651. The summed E-state index contributed by atoms with van der Waals surface area (Å²) in [5, 5.41) is 151. The predicted octanol–water partition coefficient (Wildman–Crippen LogP) is -1.56. The fraction of sp³-hybridized carbons (Fsp3) is 0.962. The lowest BCUT2D eigenvalue weighted by Crippen LogP contribution is -2.68. The molecule has 4 aliphatic heterocycles. The van der Waals surface area contributed by atoms with Crippen molar-refractivity contribution in [2.45, 2.75) is 248 Å². The van der Waals surface area contributed by atoms with Crippen molar-refractivity contribution in [3.63, 3.8) is 0 Å². The molecule has 75 heavy (non-hydrogen) atoms. The summed E-state index contributed by atoms with van der Waals surface area (Å²) in [6.07, 6.45) is -22.6. The molecule has 8 fully saturated rings. The first-order chi connectivity index (χ1) is 35.1. The van der Waals surface area contributed by atoms with Crippen molar-refractivity contribution >= 4 is 0 Å². The number of hydrogen-bond donors (Lipinski definition) is 14. The first-order valence-corrected chi connectivity index (χ1v) is 27.3. The third-order valence-corrected chi connectivity index (χ3v) is 20.5. The average Bonchev–Trinajstić information content (AvgIpc) is 3.75. The molecule has 22 heteroatoms. The number of aliphatic hydroxyl groups excluding tert-OH is 14. The minimum atomic E-state index is -1.81. The molecular formula is C53H90O22. The predicted molar refractivity (Wildman–Crippen MR) is 260 cm³/mol. The average molecular weight is 1080 g/mol. The molecule has 0 unspecified atom stereocenters. The third kappa shape index (κ3) is 10.6. The van der Waals surface area contributed by atoms with Crippen LogP contribution in [-0.4, -0.2) is 232 Å². The van der Waals surface area contributed by atoms with Gasteiger partial charge < -0.3 is 109 Å². The molecule has 0 aromatic rings. The summed E-state index contributed by atoms with van der Waals surface area (Å²) < 4.78 is 48.8. The topological polar surface area (TPSA) is 357 Å². The van der Waals surface area contributed by atoms with E-state index < -0.39 is 165 Å². The van der Waals surface area contributed by atoms with Gasteiger partial charge in [0.2, 0.25) is 0 Å². The van der Waals surface area contributed by atoms with Gasteiger partial charge in [0.05, 0.1) is 44.2 Å². The molecule has 4 saturated carbocycles. The van der Waals surface area contributed by atoms with E-state index in [0.717, 1.165) is 24.8 Å². The number of allylic oxidation sites excluding steroid dienone is 2. The van der Waals surface area contributed by atoms with E-state index in [1.54, 1.807) is 0 Å².